The third-order valence-corrected chi connectivity index (χ3v) is 8.34. The maximum atomic E-state index is 13.5. The number of hydrogen-bond acceptors (Lipinski definition) is 4. The van der Waals surface area contributed by atoms with E-state index >= 15 is 0 Å². The molecule has 3 N–H and O–H groups in total. The van der Waals surface area contributed by atoms with Gasteiger partial charge in [0, 0.05) is 24.7 Å². The van der Waals surface area contributed by atoms with Gasteiger partial charge < -0.3 is 9.80 Å². The van der Waals surface area contributed by atoms with Gasteiger partial charge in [0.15, 0.2) is 5.66 Å². The number of hydrogen-bond donors (Lipinski definition) is 2. The SMILES string of the molecule is CN(C(=O)CC1=CC=C(C(F)(F)F)CC1(N)[N+](C)(C)S(=O)O)[C@H](CN1CCCC1)c1ccccc1. The van der Waals surface area contributed by atoms with Crippen molar-refractivity contribution in [3.05, 3.63) is 59.2 Å². The smallest absolute Gasteiger partial charge is 0.337 e. The lowest BCUT2D eigenvalue weighted by atomic mass is 9.84. The van der Waals surface area contributed by atoms with Crippen molar-refractivity contribution in [3.63, 3.8) is 0 Å². The van der Waals surface area contributed by atoms with Crippen LogP contribution in [0, 0.1) is 0 Å². The number of nitrogens with two attached hydrogens (primary N) is 1. The molecule has 1 aliphatic carbocycles. The van der Waals surface area contributed by atoms with Gasteiger partial charge in [0.2, 0.25) is 5.91 Å². The fourth-order valence-electron chi connectivity index (χ4n) is 4.69. The van der Waals surface area contributed by atoms with E-state index in [1.807, 2.05) is 30.3 Å². The van der Waals surface area contributed by atoms with Gasteiger partial charge in [0.1, 0.15) is 0 Å². The van der Waals surface area contributed by atoms with Gasteiger partial charge in [0.05, 0.1) is 33.0 Å². The van der Waals surface area contributed by atoms with Crippen molar-refractivity contribution in [2.24, 2.45) is 5.73 Å². The van der Waals surface area contributed by atoms with Gasteiger partial charge in [-0.1, -0.05) is 42.5 Å². The zero-order valence-electron chi connectivity index (χ0n) is 20.3. The molecule has 3 atom stereocenters. The van der Waals surface area contributed by atoms with Crippen molar-refractivity contribution in [2.45, 2.75) is 43.6 Å². The molecule has 11 heteroatoms. The molecule has 1 aromatic carbocycles. The largest absolute Gasteiger partial charge is 0.413 e. The second kappa shape index (κ2) is 10.5. The summed E-state index contributed by atoms with van der Waals surface area (Å²) in [6, 6.07) is 9.34. The Morgan fingerprint density at radius 1 is 1.23 bits per heavy atom. The number of halogens is 3. The summed E-state index contributed by atoms with van der Waals surface area (Å²) < 4.78 is 61.7. The van der Waals surface area contributed by atoms with Crippen LogP contribution in [0.2, 0.25) is 0 Å². The Kier molecular flexibility index (Phi) is 8.27. The predicted molar refractivity (Wildman–Crippen MR) is 129 cm³/mol. The number of amides is 1. The van der Waals surface area contributed by atoms with Gasteiger partial charge >= 0.3 is 17.4 Å². The minimum atomic E-state index is -4.64. The minimum Gasteiger partial charge on any atom is -0.337 e. The number of nitrogens with zero attached hydrogens (tertiary/aromatic N) is 3. The van der Waals surface area contributed by atoms with Crippen LogP contribution in [0.4, 0.5) is 13.2 Å². The topological polar surface area (TPSA) is 86.9 Å². The van der Waals surface area contributed by atoms with Crippen molar-refractivity contribution >= 4 is 17.2 Å². The highest BCUT2D eigenvalue weighted by atomic mass is 32.2. The molecule has 7 nitrogen and oxygen atoms in total. The molecule has 1 heterocycles. The first kappa shape index (κ1) is 27.5. The quantitative estimate of drug-likeness (QED) is 0.315. The first-order valence-electron chi connectivity index (χ1n) is 11.5. The monoisotopic (exact) mass is 515 g/mol. The van der Waals surface area contributed by atoms with Crippen LogP contribution in [-0.4, -0.2) is 81.0 Å². The summed E-state index contributed by atoms with van der Waals surface area (Å²) >= 11 is -2.60. The van der Waals surface area contributed by atoms with Crippen molar-refractivity contribution in [3.8, 4) is 0 Å². The summed E-state index contributed by atoms with van der Waals surface area (Å²) in [5.41, 5.74) is 4.81. The second-order valence-corrected chi connectivity index (χ2v) is 11.1. The van der Waals surface area contributed by atoms with E-state index in [4.69, 9.17) is 5.73 Å². The molecule has 1 amide bonds. The first-order chi connectivity index (χ1) is 16.3. The molecular formula is C24H34F3N4O3S+. The number of likely N-dealkylation sites (N-methyl/N-ethyl adjacent to an activating group) is 2. The molecule has 35 heavy (non-hydrogen) atoms. The summed E-state index contributed by atoms with van der Waals surface area (Å²) in [7, 11) is 4.26. The molecule has 1 aliphatic heterocycles. The minimum absolute atomic E-state index is 0.183. The lowest BCUT2D eigenvalue weighted by molar-refractivity contribution is -0.816. The normalized spacial score (nSPS) is 23.4. The molecule has 194 valence electrons. The third-order valence-electron chi connectivity index (χ3n) is 7.23. The molecule has 0 spiro atoms. The molecule has 3 rings (SSSR count). The third kappa shape index (κ3) is 5.86. The first-order valence-corrected chi connectivity index (χ1v) is 12.6. The number of benzene rings is 1. The van der Waals surface area contributed by atoms with E-state index in [2.05, 4.69) is 4.90 Å². The zero-order valence-corrected chi connectivity index (χ0v) is 21.1. The molecule has 0 radical (unpaired) electrons. The van der Waals surface area contributed by atoms with E-state index in [-0.39, 0.29) is 23.9 Å². The summed E-state index contributed by atoms with van der Waals surface area (Å²) in [4.78, 5) is 17.4. The van der Waals surface area contributed by atoms with Crippen LogP contribution >= 0.6 is 0 Å². The van der Waals surface area contributed by atoms with Gasteiger partial charge in [-0.3, -0.25) is 15.1 Å². The van der Waals surface area contributed by atoms with Crippen LogP contribution in [-0.2, 0) is 16.1 Å². The van der Waals surface area contributed by atoms with Crippen molar-refractivity contribution in [1.29, 1.82) is 0 Å². The average Bonchev–Trinajstić information content (AvgIpc) is 3.31. The van der Waals surface area contributed by atoms with E-state index in [1.54, 1.807) is 11.9 Å². The maximum absolute atomic E-state index is 13.5. The van der Waals surface area contributed by atoms with Gasteiger partial charge in [-0.05, 0) is 31.5 Å². The number of alkyl halides is 3. The number of carbonyl (C=O) groups excluding carboxylic acids is 1. The predicted octanol–water partition coefficient (Wildman–Crippen LogP) is 3.36. The lowest BCUT2D eigenvalue weighted by Gasteiger charge is -2.45. The highest BCUT2D eigenvalue weighted by Gasteiger charge is 2.55. The summed E-state index contributed by atoms with van der Waals surface area (Å²) in [5.74, 6) is -0.327. The second-order valence-electron chi connectivity index (χ2n) is 9.68. The summed E-state index contributed by atoms with van der Waals surface area (Å²) in [6.07, 6.45) is -1.33. The number of quaternary nitrogens is 1. The fraction of sp³-hybridized carbons (Fsp3) is 0.542. The van der Waals surface area contributed by atoms with Gasteiger partial charge in [-0.2, -0.15) is 21.3 Å². The number of carbonyl (C=O) groups is 1. The highest BCUT2D eigenvalue weighted by Crippen LogP contribution is 2.42. The summed E-state index contributed by atoms with van der Waals surface area (Å²) in [6.45, 7) is 2.53. The van der Waals surface area contributed by atoms with E-state index in [0.717, 1.165) is 37.6 Å². The van der Waals surface area contributed by atoms with Crippen molar-refractivity contribution in [1.82, 2.24) is 9.80 Å². The molecule has 1 aromatic rings. The van der Waals surface area contributed by atoms with E-state index in [9.17, 15) is 26.7 Å². The molecule has 2 aliphatic rings. The van der Waals surface area contributed by atoms with Crippen LogP contribution in [0.3, 0.4) is 0 Å². The van der Waals surface area contributed by atoms with Crippen LogP contribution in [0.1, 0.15) is 37.3 Å². The van der Waals surface area contributed by atoms with E-state index < -0.39 is 39.0 Å². The van der Waals surface area contributed by atoms with E-state index in [1.165, 1.54) is 20.2 Å². The van der Waals surface area contributed by atoms with E-state index in [0.29, 0.717) is 6.54 Å². The van der Waals surface area contributed by atoms with Crippen LogP contribution in [0.5, 0.6) is 0 Å². The number of allylic oxidation sites excluding steroid dienone is 2. The molecule has 0 bridgehead atoms. The Morgan fingerprint density at radius 3 is 2.37 bits per heavy atom. The standard InChI is InChI=1S/C24H33F3N4O3S/c1-29(21(17-30-13-7-8-14-30)18-9-5-4-6-10-18)22(32)15-19-11-12-20(24(25,26)27)16-23(19,28)31(2,3)35(33)34/h4-6,9-12,21H,7-8,13-17,28H2,1-3H3/p+1/t21-,23?/m1/s1. The number of likely N-dealkylation sites (tertiary alicyclic amines) is 1. The average molecular weight is 516 g/mol. The van der Waals surface area contributed by atoms with Crippen molar-refractivity contribution in [2.75, 3.05) is 40.8 Å². The lowest BCUT2D eigenvalue weighted by Crippen LogP contribution is -2.68. The molecule has 0 aromatic heterocycles. The Bertz CT molecular complexity index is 1010. The van der Waals surface area contributed by atoms with Crippen LogP contribution < -0.4 is 5.73 Å². The maximum Gasteiger partial charge on any atom is 0.413 e. The Morgan fingerprint density at radius 2 is 1.83 bits per heavy atom. The van der Waals surface area contributed by atoms with Crippen molar-refractivity contribution < 1.29 is 30.6 Å². The fourth-order valence-corrected chi connectivity index (χ4v) is 5.15. The molecule has 0 saturated carbocycles. The Labute approximate surface area is 207 Å². The summed E-state index contributed by atoms with van der Waals surface area (Å²) in [5, 5.41) is 0. The Balaban J connectivity index is 1.92. The highest BCUT2D eigenvalue weighted by molar-refractivity contribution is 7.73. The molecule has 1 saturated heterocycles. The number of rotatable bonds is 8. The van der Waals surface area contributed by atoms with Crippen LogP contribution in [0.15, 0.2) is 53.6 Å². The van der Waals surface area contributed by atoms with Crippen LogP contribution in [0.25, 0.3) is 0 Å². The van der Waals surface area contributed by atoms with Gasteiger partial charge in [-0.25, -0.2) is 0 Å². The zero-order chi connectivity index (χ0) is 26.0. The Hall–Kier alpha value is -2.05. The molecular weight excluding hydrogens is 481 g/mol. The molecule has 2 unspecified atom stereocenters. The van der Waals surface area contributed by atoms with Gasteiger partial charge in [0.25, 0.3) is 0 Å². The van der Waals surface area contributed by atoms with Gasteiger partial charge in [-0.15, -0.1) is 0 Å². The molecule has 1 fully saturated rings.